The van der Waals surface area contributed by atoms with Crippen molar-refractivity contribution >= 4 is 29.3 Å². The maximum atomic E-state index is 12.8. The highest BCUT2D eigenvalue weighted by Crippen LogP contribution is 2.44. The summed E-state index contributed by atoms with van der Waals surface area (Å²) in [4.78, 5) is 42.2. The fraction of sp³-hybridized carbons (Fsp3) is 0.308. The lowest BCUT2D eigenvalue weighted by Crippen LogP contribution is -2.41. The summed E-state index contributed by atoms with van der Waals surface area (Å²) in [6, 6.07) is 16.0. The van der Waals surface area contributed by atoms with Gasteiger partial charge in [0.15, 0.2) is 0 Å². The number of amides is 2. The van der Waals surface area contributed by atoms with E-state index in [0.717, 1.165) is 33.6 Å². The van der Waals surface area contributed by atoms with Gasteiger partial charge >= 0.3 is 12.1 Å². The van der Waals surface area contributed by atoms with E-state index < -0.39 is 12.1 Å². The van der Waals surface area contributed by atoms with Gasteiger partial charge in [-0.15, -0.1) is 11.3 Å². The average Bonchev–Trinajstić information content (AvgIpc) is 3.47. The van der Waals surface area contributed by atoms with E-state index in [1.54, 1.807) is 0 Å². The molecule has 0 aliphatic heterocycles. The summed E-state index contributed by atoms with van der Waals surface area (Å²) in [6.07, 6.45) is 1.48. The third-order valence-electron chi connectivity index (χ3n) is 6.18. The highest BCUT2D eigenvalue weighted by molar-refractivity contribution is 7.13. The van der Waals surface area contributed by atoms with E-state index in [1.807, 2.05) is 38.1 Å². The molecule has 1 aliphatic rings. The van der Waals surface area contributed by atoms with Crippen LogP contribution in [0.2, 0.25) is 0 Å². The van der Waals surface area contributed by atoms with E-state index in [2.05, 4.69) is 34.6 Å². The molecule has 35 heavy (non-hydrogen) atoms. The van der Waals surface area contributed by atoms with Crippen molar-refractivity contribution in [1.29, 1.82) is 0 Å². The zero-order valence-corrected chi connectivity index (χ0v) is 20.4. The Kier molecular flexibility index (Phi) is 7.45. The number of hydrogen-bond donors (Lipinski definition) is 2. The van der Waals surface area contributed by atoms with Gasteiger partial charge < -0.3 is 20.1 Å². The first-order chi connectivity index (χ1) is 16.9. The summed E-state index contributed by atoms with van der Waals surface area (Å²) in [6.45, 7) is 3.64. The monoisotopic (exact) mass is 493 g/mol. The highest BCUT2D eigenvalue weighted by Gasteiger charge is 2.29. The number of benzene rings is 2. The number of carboxylic acid groups (broad SMARTS) is 1. The molecule has 1 unspecified atom stereocenters. The topological polar surface area (TPSA) is 109 Å². The Balaban J connectivity index is 1.34. The molecule has 3 aromatic rings. The van der Waals surface area contributed by atoms with Crippen LogP contribution in [0.15, 0.2) is 54.7 Å². The minimum absolute atomic E-state index is 0.0296. The minimum atomic E-state index is -1.07. The average molecular weight is 494 g/mol. The Morgan fingerprint density at radius 2 is 1.74 bits per heavy atom. The Hall–Kier alpha value is -3.72. The molecule has 2 N–H and O–H groups in total. The number of carbonyl (C=O) groups excluding carboxylic acids is 2. The quantitative estimate of drug-likeness (QED) is 0.454. The van der Waals surface area contributed by atoms with Crippen molar-refractivity contribution in [2.75, 3.05) is 13.2 Å². The number of nitrogens with one attached hydrogen (secondary N) is 1. The van der Waals surface area contributed by atoms with Gasteiger partial charge in [-0.05, 0) is 35.6 Å². The second kappa shape index (κ2) is 10.7. The first-order valence-electron chi connectivity index (χ1n) is 11.4. The zero-order chi connectivity index (χ0) is 24.9. The highest BCUT2D eigenvalue weighted by atomic mass is 32.1. The molecular formula is C26H27N3O5S. The van der Waals surface area contributed by atoms with Gasteiger partial charge in [-0.25, -0.2) is 9.78 Å². The molecule has 8 nitrogen and oxygen atoms in total. The fourth-order valence-electron chi connectivity index (χ4n) is 4.22. The first-order valence-corrected chi connectivity index (χ1v) is 12.3. The minimum Gasteiger partial charge on any atom is -0.480 e. The van der Waals surface area contributed by atoms with Crippen LogP contribution in [0.25, 0.3) is 11.1 Å². The molecule has 0 radical (unpaired) electrons. The number of thiazole rings is 1. The number of hydrogen-bond acceptors (Lipinski definition) is 6. The lowest BCUT2D eigenvalue weighted by molar-refractivity contribution is -0.138. The van der Waals surface area contributed by atoms with Gasteiger partial charge in [0.1, 0.15) is 23.0 Å². The summed E-state index contributed by atoms with van der Waals surface area (Å²) in [5.74, 6) is -1.48. The van der Waals surface area contributed by atoms with E-state index in [9.17, 15) is 14.4 Å². The molecule has 0 saturated carbocycles. The SMILES string of the molecule is CCC(C)N(CC(=O)O)C(=O)c1cnc(CNC(=O)OCC2c3ccccc3-c3ccccc32)s1. The summed E-state index contributed by atoms with van der Waals surface area (Å²) in [5.41, 5.74) is 4.59. The van der Waals surface area contributed by atoms with Crippen LogP contribution in [0.5, 0.6) is 0 Å². The zero-order valence-electron chi connectivity index (χ0n) is 19.6. The lowest BCUT2D eigenvalue weighted by atomic mass is 9.98. The van der Waals surface area contributed by atoms with Crippen LogP contribution in [-0.4, -0.2) is 52.2 Å². The summed E-state index contributed by atoms with van der Waals surface area (Å²) < 4.78 is 5.53. The number of carbonyl (C=O) groups is 3. The van der Waals surface area contributed by atoms with E-state index >= 15 is 0 Å². The first kappa shape index (κ1) is 24.4. The van der Waals surface area contributed by atoms with E-state index in [1.165, 1.54) is 11.1 Å². The normalized spacial score (nSPS) is 13.0. The van der Waals surface area contributed by atoms with Crippen molar-refractivity contribution < 1.29 is 24.2 Å². The van der Waals surface area contributed by atoms with Gasteiger partial charge in [-0.2, -0.15) is 0 Å². The molecule has 9 heteroatoms. The molecule has 182 valence electrons. The van der Waals surface area contributed by atoms with Crippen LogP contribution in [-0.2, 0) is 16.1 Å². The third kappa shape index (κ3) is 5.35. The van der Waals surface area contributed by atoms with Crippen LogP contribution in [0.3, 0.4) is 0 Å². The van der Waals surface area contributed by atoms with Crippen molar-refractivity contribution in [3.8, 4) is 11.1 Å². The largest absolute Gasteiger partial charge is 0.480 e. The van der Waals surface area contributed by atoms with Crippen molar-refractivity contribution in [3.05, 3.63) is 75.7 Å². The molecule has 0 bridgehead atoms. The summed E-state index contributed by atoms with van der Waals surface area (Å²) in [5, 5.41) is 12.4. The van der Waals surface area contributed by atoms with Crippen LogP contribution in [0.1, 0.15) is 52.0 Å². The van der Waals surface area contributed by atoms with Crippen LogP contribution < -0.4 is 5.32 Å². The molecule has 1 atom stereocenters. The van der Waals surface area contributed by atoms with Gasteiger partial charge in [0.25, 0.3) is 5.91 Å². The molecular weight excluding hydrogens is 466 g/mol. The summed E-state index contributed by atoms with van der Waals surface area (Å²) in [7, 11) is 0. The van der Waals surface area contributed by atoms with Gasteiger partial charge in [-0.1, -0.05) is 55.5 Å². The molecule has 1 heterocycles. The molecule has 1 aromatic heterocycles. The Bertz CT molecular complexity index is 1200. The maximum absolute atomic E-state index is 12.8. The van der Waals surface area contributed by atoms with Gasteiger partial charge in [-0.3, -0.25) is 9.59 Å². The lowest BCUT2D eigenvalue weighted by Gasteiger charge is -2.26. The Morgan fingerprint density at radius 1 is 1.11 bits per heavy atom. The predicted molar refractivity (Wildman–Crippen MR) is 132 cm³/mol. The molecule has 0 fully saturated rings. The van der Waals surface area contributed by atoms with Crippen molar-refractivity contribution in [2.45, 2.75) is 38.8 Å². The van der Waals surface area contributed by atoms with E-state index in [4.69, 9.17) is 9.84 Å². The smallest absolute Gasteiger partial charge is 0.407 e. The number of carboxylic acids is 1. The number of ether oxygens (including phenoxy) is 1. The van der Waals surface area contributed by atoms with Crippen LogP contribution >= 0.6 is 11.3 Å². The number of aliphatic carboxylic acids is 1. The number of nitrogens with zero attached hydrogens (tertiary/aromatic N) is 2. The van der Waals surface area contributed by atoms with Crippen molar-refractivity contribution in [3.63, 3.8) is 0 Å². The number of rotatable bonds is 9. The number of aromatic nitrogens is 1. The van der Waals surface area contributed by atoms with Crippen molar-refractivity contribution in [2.24, 2.45) is 0 Å². The van der Waals surface area contributed by atoms with Crippen LogP contribution in [0, 0.1) is 0 Å². The molecule has 1 aliphatic carbocycles. The molecule has 4 rings (SSSR count). The van der Waals surface area contributed by atoms with Crippen LogP contribution in [0.4, 0.5) is 4.79 Å². The van der Waals surface area contributed by atoms with E-state index in [0.29, 0.717) is 16.3 Å². The molecule has 2 aromatic carbocycles. The number of fused-ring (bicyclic) bond motifs is 3. The third-order valence-corrected chi connectivity index (χ3v) is 7.17. The molecule has 2 amide bonds. The second-order valence-corrected chi connectivity index (χ2v) is 9.50. The van der Waals surface area contributed by atoms with Gasteiger partial charge in [0.2, 0.25) is 0 Å². The standard InChI is InChI=1S/C26H27N3O5S/c1-3-16(2)29(14-24(30)31)25(32)22-12-27-23(35-22)13-28-26(33)34-15-21-19-10-6-4-8-17(19)18-9-5-7-11-20(18)21/h4-12,16,21H,3,13-15H2,1-2H3,(H,28,33)(H,30,31). The summed E-state index contributed by atoms with van der Waals surface area (Å²) >= 11 is 1.13. The second-order valence-electron chi connectivity index (χ2n) is 8.38. The molecule has 0 spiro atoms. The fourth-order valence-corrected chi connectivity index (χ4v) is 5.04. The van der Waals surface area contributed by atoms with Gasteiger partial charge in [0, 0.05) is 12.0 Å². The van der Waals surface area contributed by atoms with E-state index in [-0.39, 0.29) is 37.6 Å². The maximum Gasteiger partial charge on any atom is 0.407 e. The predicted octanol–water partition coefficient (Wildman–Crippen LogP) is 4.51. The Morgan fingerprint density at radius 3 is 2.34 bits per heavy atom. The Labute approximate surface area is 207 Å². The van der Waals surface area contributed by atoms with Gasteiger partial charge in [0.05, 0.1) is 12.7 Å². The molecule has 0 saturated heterocycles. The number of alkyl carbamates (subject to hydrolysis) is 1. The van der Waals surface area contributed by atoms with Crippen molar-refractivity contribution in [1.82, 2.24) is 15.2 Å².